The molecule has 1 rings (SSSR count). The van der Waals surface area contributed by atoms with Gasteiger partial charge in [-0.3, -0.25) is 9.59 Å². The molecule has 122 valence electrons. The largest absolute Gasteiger partial charge is 0.356 e. The summed E-state index contributed by atoms with van der Waals surface area (Å²) < 4.78 is 0. The number of anilines is 1. The third-order valence-electron chi connectivity index (χ3n) is 3.28. The number of benzene rings is 1. The molecule has 5 nitrogen and oxygen atoms in total. The van der Waals surface area contributed by atoms with Gasteiger partial charge in [-0.25, -0.2) is 0 Å². The van der Waals surface area contributed by atoms with Gasteiger partial charge >= 0.3 is 0 Å². The summed E-state index contributed by atoms with van der Waals surface area (Å²) in [5, 5.41) is 5.59. The molecular weight excluding hydrogens is 278 g/mol. The van der Waals surface area contributed by atoms with E-state index in [1.807, 2.05) is 38.4 Å². The molecule has 2 N–H and O–H groups in total. The number of hydrogen-bond donors (Lipinski definition) is 2. The Labute approximate surface area is 133 Å². The number of rotatable bonds is 8. The summed E-state index contributed by atoms with van der Waals surface area (Å²) in [6.45, 7) is 5.64. The van der Waals surface area contributed by atoms with Crippen molar-refractivity contribution in [3.05, 3.63) is 29.8 Å². The summed E-state index contributed by atoms with van der Waals surface area (Å²) in [5.41, 5.74) is 1.85. The lowest BCUT2D eigenvalue weighted by molar-refractivity contribution is -0.126. The van der Waals surface area contributed by atoms with E-state index >= 15 is 0 Å². The van der Waals surface area contributed by atoms with Crippen LogP contribution in [0.15, 0.2) is 24.3 Å². The van der Waals surface area contributed by atoms with Crippen molar-refractivity contribution >= 4 is 17.5 Å². The van der Waals surface area contributed by atoms with Crippen molar-refractivity contribution in [1.29, 1.82) is 0 Å². The lowest BCUT2D eigenvalue weighted by Gasteiger charge is -2.13. The minimum atomic E-state index is -0.279. The topological polar surface area (TPSA) is 61.4 Å². The van der Waals surface area contributed by atoms with Crippen LogP contribution >= 0.6 is 0 Å². The molecule has 2 amide bonds. The van der Waals surface area contributed by atoms with Gasteiger partial charge in [-0.15, -0.1) is 0 Å². The van der Waals surface area contributed by atoms with Crippen LogP contribution in [0.3, 0.4) is 0 Å². The SMILES string of the molecule is CC(C)c1ccccc1NC(=O)CC(=O)NCCCN(C)C. The van der Waals surface area contributed by atoms with Crippen molar-refractivity contribution in [2.45, 2.75) is 32.6 Å². The van der Waals surface area contributed by atoms with Gasteiger partial charge in [-0.2, -0.15) is 0 Å². The molecule has 1 aromatic carbocycles. The first kappa shape index (κ1) is 18.2. The van der Waals surface area contributed by atoms with Gasteiger partial charge in [-0.1, -0.05) is 32.0 Å². The van der Waals surface area contributed by atoms with Crippen LogP contribution in [0.2, 0.25) is 0 Å². The molecule has 0 atom stereocenters. The summed E-state index contributed by atoms with van der Waals surface area (Å²) in [7, 11) is 3.98. The molecule has 5 heteroatoms. The molecular formula is C17H27N3O2. The minimum Gasteiger partial charge on any atom is -0.356 e. The van der Waals surface area contributed by atoms with Crippen LogP contribution < -0.4 is 10.6 Å². The number of para-hydroxylation sites is 1. The molecule has 0 bridgehead atoms. The highest BCUT2D eigenvalue weighted by atomic mass is 16.2. The van der Waals surface area contributed by atoms with Crippen LogP contribution in [-0.4, -0.2) is 43.9 Å². The van der Waals surface area contributed by atoms with Crippen molar-refractivity contribution in [3.63, 3.8) is 0 Å². The molecule has 0 radical (unpaired) electrons. The molecule has 0 aromatic heterocycles. The van der Waals surface area contributed by atoms with E-state index in [0.717, 1.165) is 24.2 Å². The second-order valence-corrected chi connectivity index (χ2v) is 5.97. The van der Waals surface area contributed by atoms with Crippen LogP contribution in [0.1, 0.15) is 38.2 Å². The highest BCUT2D eigenvalue weighted by Gasteiger charge is 2.12. The Morgan fingerprint density at radius 2 is 1.82 bits per heavy atom. The second kappa shape index (κ2) is 9.20. The Balaban J connectivity index is 2.41. The Kier molecular flexibility index (Phi) is 7.60. The maximum Gasteiger partial charge on any atom is 0.233 e. The first-order valence-electron chi connectivity index (χ1n) is 7.70. The molecule has 0 aliphatic heterocycles. The summed E-state index contributed by atoms with van der Waals surface area (Å²) in [6, 6.07) is 7.68. The maximum atomic E-state index is 12.0. The predicted molar refractivity (Wildman–Crippen MR) is 90.0 cm³/mol. The monoisotopic (exact) mass is 305 g/mol. The number of carbonyl (C=O) groups is 2. The van der Waals surface area contributed by atoms with E-state index in [9.17, 15) is 9.59 Å². The normalized spacial score (nSPS) is 10.8. The van der Waals surface area contributed by atoms with Gasteiger partial charge in [0.2, 0.25) is 11.8 Å². The summed E-state index contributed by atoms with van der Waals surface area (Å²) in [4.78, 5) is 25.7. The second-order valence-electron chi connectivity index (χ2n) is 5.97. The Morgan fingerprint density at radius 3 is 2.45 bits per heavy atom. The van der Waals surface area contributed by atoms with E-state index in [4.69, 9.17) is 0 Å². The van der Waals surface area contributed by atoms with E-state index in [2.05, 4.69) is 29.4 Å². The van der Waals surface area contributed by atoms with Crippen molar-refractivity contribution in [3.8, 4) is 0 Å². The standard InChI is InChI=1S/C17H27N3O2/c1-13(2)14-8-5-6-9-15(14)19-17(22)12-16(21)18-10-7-11-20(3)4/h5-6,8-9,13H,7,10-12H2,1-4H3,(H,18,21)(H,19,22). The van der Waals surface area contributed by atoms with E-state index in [1.165, 1.54) is 0 Å². The van der Waals surface area contributed by atoms with Crippen molar-refractivity contribution in [1.82, 2.24) is 10.2 Å². The van der Waals surface area contributed by atoms with Gasteiger partial charge in [0, 0.05) is 12.2 Å². The fraction of sp³-hybridized carbons (Fsp3) is 0.529. The van der Waals surface area contributed by atoms with Gasteiger partial charge in [0.05, 0.1) is 0 Å². The van der Waals surface area contributed by atoms with Gasteiger partial charge < -0.3 is 15.5 Å². The lowest BCUT2D eigenvalue weighted by Crippen LogP contribution is -2.30. The Morgan fingerprint density at radius 1 is 1.14 bits per heavy atom. The first-order valence-corrected chi connectivity index (χ1v) is 7.70. The van der Waals surface area contributed by atoms with Crippen molar-refractivity contribution in [2.75, 3.05) is 32.5 Å². The van der Waals surface area contributed by atoms with Gasteiger partial charge in [0.25, 0.3) is 0 Å². The number of nitrogens with zero attached hydrogens (tertiary/aromatic N) is 1. The fourth-order valence-electron chi connectivity index (χ4n) is 2.14. The molecule has 0 aliphatic rings. The molecule has 0 saturated heterocycles. The van der Waals surface area contributed by atoms with Crippen LogP contribution in [0, 0.1) is 0 Å². The predicted octanol–water partition coefficient (Wildman–Crippen LogP) is 2.21. The molecule has 0 aliphatic carbocycles. The van der Waals surface area contributed by atoms with E-state index in [1.54, 1.807) is 0 Å². The molecule has 0 fully saturated rings. The Bertz CT molecular complexity index is 498. The summed E-state index contributed by atoms with van der Waals surface area (Å²) >= 11 is 0. The number of nitrogens with one attached hydrogen (secondary N) is 2. The van der Waals surface area contributed by atoms with Crippen LogP contribution in [0.25, 0.3) is 0 Å². The fourth-order valence-corrected chi connectivity index (χ4v) is 2.14. The minimum absolute atomic E-state index is 0.144. The molecule has 1 aromatic rings. The molecule has 0 spiro atoms. The zero-order valence-corrected chi connectivity index (χ0v) is 14.0. The van der Waals surface area contributed by atoms with Crippen molar-refractivity contribution < 1.29 is 9.59 Å². The van der Waals surface area contributed by atoms with Gasteiger partial charge in [0.1, 0.15) is 6.42 Å². The smallest absolute Gasteiger partial charge is 0.233 e. The third kappa shape index (κ3) is 6.72. The van der Waals surface area contributed by atoms with Crippen molar-refractivity contribution in [2.24, 2.45) is 0 Å². The van der Waals surface area contributed by atoms with Gasteiger partial charge in [0.15, 0.2) is 0 Å². The van der Waals surface area contributed by atoms with E-state index < -0.39 is 0 Å². The molecule has 0 unspecified atom stereocenters. The zero-order chi connectivity index (χ0) is 16.5. The van der Waals surface area contributed by atoms with E-state index in [-0.39, 0.29) is 18.2 Å². The summed E-state index contributed by atoms with van der Waals surface area (Å²) in [5.74, 6) is -0.201. The van der Waals surface area contributed by atoms with Gasteiger partial charge in [-0.05, 0) is 44.6 Å². The molecule has 0 saturated carbocycles. The average Bonchev–Trinajstić information content (AvgIpc) is 2.43. The third-order valence-corrected chi connectivity index (χ3v) is 3.28. The van der Waals surface area contributed by atoms with Crippen LogP contribution in [-0.2, 0) is 9.59 Å². The number of carbonyl (C=O) groups excluding carboxylic acids is 2. The van der Waals surface area contributed by atoms with E-state index in [0.29, 0.717) is 12.5 Å². The summed E-state index contributed by atoms with van der Waals surface area (Å²) in [6.07, 6.45) is 0.727. The molecule has 0 heterocycles. The maximum absolute atomic E-state index is 12.0. The van der Waals surface area contributed by atoms with Crippen LogP contribution in [0.4, 0.5) is 5.69 Å². The highest BCUT2D eigenvalue weighted by molar-refractivity contribution is 6.03. The lowest BCUT2D eigenvalue weighted by atomic mass is 10.0. The number of hydrogen-bond acceptors (Lipinski definition) is 3. The highest BCUT2D eigenvalue weighted by Crippen LogP contribution is 2.23. The first-order chi connectivity index (χ1) is 10.4. The zero-order valence-electron chi connectivity index (χ0n) is 14.0. The molecule has 22 heavy (non-hydrogen) atoms. The van der Waals surface area contributed by atoms with Crippen LogP contribution in [0.5, 0.6) is 0 Å². The number of amides is 2. The average molecular weight is 305 g/mol. The quantitative estimate of drug-likeness (QED) is 0.572. The Hall–Kier alpha value is -1.88.